The van der Waals surface area contributed by atoms with E-state index in [2.05, 4.69) is 37.6 Å². The summed E-state index contributed by atoms with van der Waals surface area (Å²) in [5.41, 5.74) is 1.03. The molecule has 3 heterocycles. The standard InChI is InChI=1S/C23H31N5O2S.HI/c1-24-23(28-11-9-26(10-12-28)21-8-5-17-31-21)25-18-20(19-6-3-2-4-7-19)22(29)27-13-15-30-16-14-27;/h2-8,17,20H,9-16,18H2,1H3,(H,24,25);1H. The molecule has 1 N–H and O–H groups in total. The maximum absolute atomic E-state index is 13.3. The predicted molar refractivity (Wildman–Crippen MR) is 141 cm³/mol. The average molecular weight is 570 g/mol. The van der Waals surface area contributed by atoms with Gasteiger partial charge in [-0.15, -0.1) is 35.3 Å². The molecule has 2 aromatic rings. The van der Waals surface area contributed by atoms with Gasteiger partial charge in [-0.1, -0.05) is 30.3 Å². The molecule has 32 heavy (non-hydrogen) atoms. The molecule has 174 valence electrons. The van der Waals surface area contributed by atoms with Crippen LogP contribution in [0.5, 0.6) is 0 Å². The van der Waals surface area contributed by atoms with E-state index in [4.69, 9.17) is 4.74 Å². The minimum absolute atomic E-state index is 0. The van der Waals surface area contributed by atoms with Crippen molar-refractivity contribution in [1.82, 2.24) is 15.1 Å². The van der Waals surface area contributed by atoms with Gasteiger partial charge in [0.05, 0.1) is 24.1 Å². The maximum Gasteiger partial charge on any atom is 0.232 e. The number of thiophene rings is 1. The molecule has 0 bridgehead atoms. The first-order valence-electron chi connectivity index (χ1n) is 10.9. The smallest absolute Gasteiger partial charge is 0.232 e. The van der Waals surface area contributed by atoms with E-state index in [0.29, 0.717) is 32.8 Å². The number of morpholine rings is 1. The van der Waals surface area contributed by atoms with Gasteiger partial charge in [0.2, 0.25) is 5.91 Å². The Bertz CT molecular complexity index is 851. The fourth-order valence-corrected chi connectivity index (χ4v) is 4.94. The largest absolute Gasteiger partial charge is 0.378 e. The number of nitrogens with zero attached hydrogens (tertiary/aromatic N) is 4. The summed E-state index contributed by atoms with van der Waals surface area (Å²) >= 11 is 1.78. The minimum atomic E-state index is -0.247. The van der Waals surface area contributed by atoms with Crippen molar-refractivity contribution >= 4 is 52.2 Å². The Balaban J connectivity index is 0.00000289. The van der Waals surface area contributed by atoms with Crippen LogP contribution >= 0.6 is 35.3 Å². The molecule has 0 radical (unpaired) electrons. The molecule has 1 aromatic carbocycles. The second-order valence-corrected chi connectivity index (χ2v) is 8.68. The second kappa shape index (κ2) is 12.4. The van der Waals surface area contributed by atoms with Gasteiger partial charge in [0.1, 0.15) is 0 Å². The molecule has 1 amide bonds. The number of aliphatic imine (C=N–C) groups is 1. The van der Waals surface area contributed by atoms with Gasteiger partial charge < -0.3 is 24.8 Å². The predicted octanol–water partition coefficient (Wildman–Crippen LogP) is 2.71. The number of ether oxygens (including phenoxy) is 1. The van der Waals surface area contributed by atoms with Crippen molar-refractivity contribution in [2.24, 2.45) is 4.99 Å². The number of carbonyl (C=O) groups excluding carboxylic acids is 1. The molecule has 4 rings (SSSR count). The van der Waals surface area contributed by atoms with Crippen LogP contribution in [-0.2, 0) is 9.53 Å². The van der Waals surface area contributed by atoms with E-state index in [1.165, 1.54) is 5.00 Å². The summed E-state index contributed by atoms with van der Waals surface area (Å²) in [6, 6.07) is 14.3. The summed E-state index contributed by atoms with van der Waals surface area (Å²) in [6.07, 6.45) is 0. The molecule has 9 heteroatoms. The number of nitrogens with one attached hydrogen (secondary N) is 1. The molecule has 0 aliphatic carbocycles. The van der Waals surface area contributed by atoms with Crippen LogP contribution in [0, 0.1) is 0 Å². The van der Waals surface area contributed by atoms with Crippen LogP contribution in [0.25, 0.3) is 0 Å². The summed E-state index contributed by atoms with van der Waals surface area (Å²) in [5, 5.41) is 6.93. The maximum atomic E-state index is 13.3. The van der Waals surface area contributed by atoms with E-state index in [1.807, 2.05) is 42.3 Å². The Morgan fingerprint density at radius 3 is 2.38 bits per heavy atom. The van der Waals surface area contributed by atoms with E-state index in [9.17, 15) is 4.79 Å². The average Bonchev–Trinajstić information content (AvgIpc) is 3.38. The third-order valence-corrected chi connectivity index (χ3v) is 6.82. The molecule has 2 saturated heterocycles. The number of hydrogen-bond donors (Lipinski definition) is 1. The Morgan fingerprint density at radius 2 is 1.75 bits per heavy atom. The first kappa shape index (κ1) is 24.8. The van der Waals surface area contributed by atoms with Gasteiger partial charge in [-0.25, -0.2) is 0 Å². The van der Waals surface area contributed by atoms with Crippen LogP contribution in [-0.4, -0.2) is 87.7 Å². The van der Waals surface area contributed by atoms with Gasteiger partial charge in [0.25, 0.3) is 0 Å². The summed E-state index contributed by atoms with van der Waals surface area (Å²) in [5.74, 6) is 0.768. The zero-order valence-electron chi connectivity index (χ0n) is 18.5. The molecule has 1 aromatic heterocycles. The number of benzene rings is 1. The molecular formula is C23H32IN5O2S. The van der Waals surface area contributed by atoms with Crippen LogP contribution in [0.3, 0.4) is 0 Å². The fraction of sp³-hybridized carbons (Fsp3) is 0.478. The molecule has 2 aliphatic heterocycles. The molecular weight excluding hydrogens is 537 g/mol. The number of halogens is 1. The molecule has 0 saturated carbocycles. The van der Waals surface area contributed by atoms with E-state index in [1.54, 1.807) is 11.3 Å². The monoisotopic (exact) mass is 569 g/mol. The Hall–Kier alpha value is -1.85. The Kier molecular flexibility index (Phi) is 9.61. The van der Waals surface area contributed by atoms with Gasteiger partial charge in [-0.2, -0.15) is 0 Å². The van der Waals surface area contributed by atoms with Crippen molar-refractivity contribution in [2.45, 2.75) is 5.92 Å². The van der Waals surface area contributed by atoms with E-state index < -0.39 is 0 Å². The number of anilines is 1. The Labute approximate surface area is 211 Å². The lowest BCUT2D eigenvalue weighted by Gasteiger charge is -2.37. The number of hydrogen-bond acceptors (Lipinski definition) is 5. The van der Waals surface area contributed by atoms with Crippen molar-refractivity contribution in [3.8, 4) is 0 Å². The normalized spacial score (nSPS) is 18.2. The quantitative estimate of drug-likeness (QED) is 0.341. The molecule has 1 atom stereocenters. The van der Waals surface area contributed by atoms with Crippen LogP contribution in [0.4, 0.5) is 5.00 Å². The lowest BCUT2D eigenvalue weighted by atomic mass is 9.97. The Morgan fingerprint density at radius 1 is 1.03 bits per heavy atom. The van der Waals surface area contributed by atoms with Crippen molar-refractivity contribution in [3.05, 3.63) is 53.4 Å². The van der Waals surface area contributed by atoms with Gasteiger partial charge in [0, 0.05) is 52.9 Å². The van der Waals surface area contributed by atoms with Crippen LogP contribution in [0.1, 0.15) is 11.5 Å². The van der Waals surface area contributed by atoms with Crippen LogP contribution in [0.15, 0.2) is 52.8 Å². The van der Waals surface area contributed by atoms with E-state index in [0.717, 1.165) is 37.7 Å². The minimum Gasteiger partial charge on any atom is -0.378 e. The molecule has 2 fully saturated rings. The first-order chi connectivity index (χ1) is 15.3. The van der Waals surface area contributed by atoms with E-state index >= 15 is 0 Å². The van der Waals surface area contributed by atoms with Crippen molar-refractivity contribution in [2.75, 3.05) is 71.0 Å². The molecule has 2 aliphatic rings. The fourth-order valence-electron chi connectivity index (χ4n) is 4.15. The highest BCUT2D eigenvalue weighted by molar-refractivity contribution is 14.0. The number of guanidine groups is 1. The van der Waals surface area contributed by atoms with Crippen molar-refractivity contribution in [1.29, 1.82) is 0 Å². The highest BCUT2D eigenvalue weighted by atomic mass is 127. The molecule has 7 nitrogen and oxygen atoms in total. The zero-order chi connectivity index (χ0) is 21.5. The summed E-state index contributed by atoms with van der Waals surface area (Å²) < 4.78 is 5.43. The number of amides is 1. The highest BCUT2D eigenvalue weighted by Gasteiger charge is 2.28. The van der Waals surface area contributed by atoms with E-state index in [-0.39, 0.29) is 35.8 Å². The van der Waals surface area contributed by atoms with Crippen molar-refractivity contribution < 1.29 is 9.53 Å². The van der Waals surface area contributed by atoms with Crippen LogP contribution in [0.2, 0.25) is 0 Å². The third-order valence-electron chi connectivity index (χ3n) is 5.90. The van der Waals surface area contributed by atoms with Gasteiger partial charge in [-0.05, 0) is 23.1 Å². The second-order valence-electron chi connectivity index (χ2n) is 7.75. The summed E-state index contributed by atoms with van der Waals surface area (Å²) in [7, 11) is 1.81. The van der Waals surface area contributed by atoms with Gasteiger partial charge in [-0.3, -0.25) is 9.79 Å². The summed E-state index contributed by atoms with van der Waals surface area (Å²) in [6.45, 7) is 6.80. The SMILES string of the molecule is CN=C(NCC(C(=O)N1CCOCC1)c1ccccc1)N1CCN(c2cccs2)CC1.I. The van der Waals surface area contributed by atoms with Crippen molar-refractivity contribution in [3.63, 3.8) is 0 Å². The lowest BCUT2D eigenvalue weighted by molar-refractivity contribution is -0.136. The number of piperazine rings is 1. The summed E-state index contributed by atoms with van der Waals surface area (Å²) in [4.78, 5) is 24.5. The molecule has 0 spiro atoms. The number of carbonyl (C=O) groups is 1. The zero-order valence-corrected chi connectivity index (χ0v) is 21.6. The van der Waals surface area contributed by atoms with Crippen LogP contribution < -0.4 is 10.2 Å². The topological polar surface area (TPSA) is 60.4 Å². The lowest BCUT2D eigenvalue weighted by Crippen LogP contribution is -2.53. The van der Waals surface area contributed by atoms with Gasteiger partial charge in [0.15, 0.2) is 5.96 Å². The highest BCUT2D eigenvalue weighted by Crippen LogP contribution is 2.23. The van der Waals surface area contributed by atoms with Gasteiger partial charge >= 0.3 is 0 Å². The third kappa shape index (κ3) is 6.14. The number of rotatable bonds is 5. The molecule has 1 unspecified atom stereocenters. The first-order valence-corrected chi connectivity index (χ1v) is 11.8.